The average Bonchev–Trinajstić information content (AvgIpc) is 3.41. The summed E-state index contributed by atoms with van der Waals surface area (Å²) in [5.41, 5.74) is -0.594. The number of carbonyl (C=O) groups is 1. The van der Waals surface area contributed by atoms with Crippen molar-refractivity contribution in [3.05, 3.63) is 59.9 Å². The lowest BCUT2D eigenvalue weighted by Gasteiger charge is -2.20. The predicted molar refractivity (Wildman–Crippen MR) is 86.5 cm³/mol. The number of likely N-dealkylation sites (tertiary alicyclic amines) is 1. The van der Waals surface area contributed by atoms with Crippen LogP contribution in [0.15, 0.2) is 51.6 Å². The van der Waals surface area contributed by atoms with Crippen LogP contribution in [0, 0.1) is 0 Å². The number of alkyl halides is 3. The van der Waals surface area contributed by atoms with E-state index < -0.39 is 17.8 Å². The van der Waals surface area contributed by atoms with Gasteiger partial charge in [0.25, 0.3) is 5.91 Å². The second-order valence-corrected chi connectivity index (χ2v) is 6.17. The topological polar surface area (TPSA) is 72.4 Å². The third kappa shape index (κ3) is 3.32. The maximum atomic E-state index is 12.9. The van der Waals surface area contributed by atoms with E-state index in [4.69, 9.17) is 8.94 Å². The SMILES string of the molecule is O=C(c1ccco1)N1CCC[C@@H]1c1nc(-c2cccc(C(F)(F)F)c2)no1. The molecule has 6 nitrogen and oxygen atoms in total. The molecule has 1 aromatic carbocycles. The largest absolute Gasteiger partial charge is 0.459 e. The number of hydrogen-bond acceptors (Lipinski definition) is 5. The van der Waals surface area contributed by atoms with E-state index in [1.54, 1.807) is 17.0 Å². The number of hydrogen-bond donors (Lipinski definition) is 0. The van der Waals surface area contributed by atoms with Crippen LogP contribution >= 0.6 is 0 Å². The first-order valence-corrected chi connectivity index (χ1v) is 8.29. The number of furan rings is 1. The lowest BCUT2D eigenvalue weighted by atomic mass is 10.1. The molecule has 9 heteroatoms. The summed E-state index contributed by atoms with van der Waals surface area (Å²) < 4.78 is 49.1. The molecule has 3 heterocycles. The van der Waals surface area contributed by atoms with Gasteiger partial charge in [-0.1, -0.05) is 17.3 Å². The van der Waals surface area contributed by atoms with Gasteiger partial charge in [-0.15, -0.1) is 0 Å². The monoisotopic (exact) mass is 377 g/mol. The third-order valence-electron chi connectivity index (χ3n) is 4.42. The van der Waals surface area contributed by atoms with Crippen molar-refractivity contribution in [1.82, 2.24) is 15.0 Å². The predicted octanol–water partition coefficient (Wildman–Crippen LogP) is 4.33. The fourth-order valence-electron chi connectivity index (χ4n) is 3.13. The van der Waals surface area contributed by atoms with Crippen molar-refractivity contribution >= 4 is 5.91 Å². The third-order valence-corrected chi connectivity index (χ3v) is 4.42. The summed E-state index contributed by atoms with van der Waals surface area (Å²) in [6, 6.07) is 7.46. The van der Waals surface area contributed by atoms with Crippen LogP contribution in [0.3, 0.4) is 0 Å². The Balaban J connectivity index is 1.60. The van der Waals surface area contributed by atoms with Gasteiger partial charge in [0, 0.05) is 12.1 Å². The first-order valence-electron chi connectivity index (χ1n) is 8.29. The molecule has 4 rings (SSSR count). The molecule has 1 aliphatic rings. The van der Waals surface area contributed by atoms with Crippen molar-refractivity contribution in [3.63, 3.8) is 0 Å². The summed E-state index contributed by atoms with van der Waals surface area (Å²) in [5, 5.41) is 3.80. The quantitative estimate of drug-likeness (QED) is 0.680. The van der Waals surface area contributed by atoms with E-state index in [-0.39, 0.29) is 28.9 Å². The first kappa shape index (κ1) is 17.3. The summed E-state index contributed by atoms with van der Waals surface area (Å²) in [4.78, 5) is 18.3. The van der Waals surface area contributed by atoms with Crippen LogP contribution in [0.1, 0.15) is 40.9 Å². The van der Waals surface area contributed by atoms with E-state index in [0.717, 1.165) is 18.6 Å². The van der Waals surface area contributed by atoms with Crippen molar-refractivity contribution in [2.24, 2.45) is 0 Å². The van der Waals surface area contributed by atoms with Gasteiger partial charge in [-0.25, -0.2) is 0 Å². The van der Waals surface area contributed by atoms with Crippen LogP contribution in [0.2, 0.25) is 0 Å². The first-order chi connectivity index (χ1) is 12.9. The molecule has 0 radical (unpaired) electrons. The van der Waals surface area contributed by atoms with Crippen molar-refractivity contribution in [2.75, 3.05) is 6.54 Å². The van der Waals surface area contributed by atoms with Gasteiger partial charge in [0.1, 0.15) is 6.04 Å². The highest BCUT2D eigenvalue weighted by molar-refractivity contribution is 5.91. The number of nitrogens with zero attached hydrogens (tertiary/aromatic N) is 3. The zero-order valence-corrected chi connectivity index (χ0v) is 13.9. The van der Waals surface area contributed by atoms with E-state index >= 15 is 0 Å². The van der Waals surface area contributed by atoms with Crippen LogP contribution in [-0.4, -0.2) is 27.5 Å². The Labute approximate surface area is 151 Å². The molecule has 1 fully saturated rings. The molecule has 0 unspecified atom stereocenters. The molecule has 27 heavy (non-hydrogen) atoms. The van der Waals surface area contributed by atoms with E-state index in [0.29, 0.717) is 13.0 Å². The minimum absolute atomic E-state index is 0.0494. The summed E-state index contributed by atoms with van der Waals surface area (Å²) in [5.74, 6) is 0.161. The van der Waals surface area contributed by atoms with E-state index in [2.05, 4.69) is 10.1 Å². The molecule has 3 aromatic rings. The van der Waals surface area contributed by atoms with Crippen LogP contribution < -0.4 is 0 Å². The van der Waals surface area contributed by atoms with Crippen molar-refractivity contribution < 1.29 is 26.9 Å². The summed E-state index contributed by atoms with van der Waals surface area (Å²) in [7, 11) is 0. The Morgan fingerprint density at radius 3 is 2.81 bits per heavy atom. The van der Waals surface area contributed by atoms with Gasteiger partial charge in [0.2, 0.25) is 11.7 Å². The van der Waals surface area contributed by atoms with Crippen LogP contribution in [0.4, 0.5) is 13.2 Å². The summed E-state index contributed by atoms with van der Waals surface area (Å²) in [6.07, 6.45) is -1.67. The maximum Gasteiger partial charge on any atom is 0.416 e. The molecule has 1 atom stereocenters. The van der Waals surface area contributed by atoms with Gasteiger partial charge in [0.15, 0.2) is 5.76 Å². The zero-order valence-electron chi connectivity index (χ0n) is 13.9. The lowest BCUT2D eigenvalue weighted by molar-refractivity contribution is -0.137. The molecule has 0 N–H and O–H groups in total. The summed E-state index contributed by atoms with van der Waals surface area (Å²) in [6.45, 7) is 0.505. The normalized spacial score (nSPS) is 17.4. The Kier molecular flexibility index (Phi) is 4.21. The standard InChI is InChI=1S/C18H14F3N3O3/c19-18(20,21)12-5-1-4-11(10-12)15-22-16(27-23-15)13-6-2-8-24(13)17(25)14-7-3-9-26-14/h1,3-5,7,9-10,13H,2,6,8H2/t13-/m1/s1. The smallest absolute Gasteiger partial charge is 0.416 e. The van der Waals surface area contributed by atoms with Crippen LogP contribution in [0.25, 0.3) is 11.4 Å². The highest BCUT2D eigenvalue weighted by Crippen LogP contribution is 2.35. The molecule has 0 bridgehead atoms. The minimum Gasteiger partial charge on any atom is -0.459 e. The average molecular weight is 377 g/mol. The minimum atomic E-state index is -4.46. The van der Waals surface area contributed by atoms with E-state index in [9.17, 15) is 18.0 Å². The fraction of sp³-hybridized carbons (Fsp3) is 0.278. The molecule has 0 aliphatic carbocycles. The molecule has 0 spiro atoms. The fourth-order valence-corrected chi connectivity index (χ4v) is 3.13. The number of halogens is 3. The molecular formula is C18H14F3N3O3. The van der Waals surface area contributed by atoms with Crippen LogP contribution in [0.5, 0.6) is 0 Å². The van der Waals surface area contributed by atoms with E-state index in [1.165, 1.54) is 18.4 Å². The Morgan fingerprint density at radius 1 is 1.22 bits per heavy atom. The molecule has 1 saturated heterocycles. The number of amides is 1. The van der Waals surface area contributed by atoms with Gasteiger partial charge in [-0.2, -0.15) is 18.2 Å². The van der Waals surface area contributed by atoms with Gasteiger partial charge in [-0.3, -0.25) is 4.79 Å². The molecule has 1 amide bonds. The van der Waals surface area contributed by atoms with Crippen LogP contribution in [-0.2, 0) is 6.18 Å². The Morgan fingerprint density at radius 2 is 2.07 bits per heavy atom. The molecule has 2 aromatic heterocycles. The van der Waals surface area contributed by atoms with Gasteiger partial charge >= 0.3 is 6.18 Å². The Hall–Kier alpha value is -3.10. The Bertz CT molecular complexity index is 950. The van der Waals surface area contributed by atoms with E-state index in [1.807, 2.05) is 0 Å². The van der Waals surface area contributed by atoms with Crippen molar-refractivity contribution in [2.45, 2.75) is 25.1 Å². The molecule has 0 saturated carbocycles. The highest BCUT2D eigenvalue weighted by atomic mass is 19.4. The lowest BCUT2D eigenvalue weighted by Crippen LogP contribution is -2.30. The van der Waals surface area contributed by atoms with Gasteiger partial charge in [0.05, 0.1) is 11.8 Å². The molecule has 140 valence electrons. The second kappa shape index (κ2) is 6.57. The summed E-state index contributed by atoms with van der Waals surface area (Å²) >= 11 is 0. The van der Waals surface area contributed by atoms with Gasteiger partial charge < -0.3 is 13.8 Å². The zero-order chi connectivity index (χ0) is 19.0. The number of carbonyl (C=O) groups excluding carboxylic acids is 1. The number of rotatable bonds is 3. The van der Waals surface area contributed by atoms with Gasteiger partial charge in [-0.05, 0) is 37.1 Å². The maximum absolute atomic E-state index is 12.9. The second-order valence-electron chi connectivity index (χ2n) is 6.17. The van der Waals surface area contributed by atoms with Crippen molar-refractivity contribution in [1.29, 1.82) is 0 Å². The number of benzene rings is 1. The molecular weight excluding hydrogens is 363 g/mol. The highest BCUT2D eigenvalue weighted by Gasteiger charge is 2.36. The molecule has 1 aliphatic heterocycles. The number of aromatic nitrogens is 2. The van der Waals surface area contributed by atoms with Crippen molar-refractivity contribution in [3.8, 4) is 11.4 Å².